The fourth-order valence-corrected chi connectivity index (χ4v) is 3.58. The zero-order valence-electron chi connectivity index (χ0n) is 16.9. The molecule has 0 spiro atoms. The van der Waals surface area contributed by atoms with Crippen molar-refractivity contribution in [3.63, 3.8) is 0 Å². The Balaban J connectivity index is 1.31. The number of amides is 2. The van der Waals surface area contributed by atoms with Crippen LogP contribution in [0.15, 0.2) is 42.5 Å². The smallest absolute Gasteiger partial charge is 0.340 e. The Morgan fingerprint density at radius 1 is 1.03 bits per heavy atom. The predicted molar refractivity (Wildman–Crippen MR) is 111 cm³/mol. The molecule has 0 aliphatic carbocycles. The number of hydrogen-bond acceptors (Lipinski definition) is 6. The summed E-state index contributed by atoms with van der Waals surface area (Å²) in [5.74, 6) is 1.12. The SMILES string of the molecule is CCOC(=O)c1ccccc1NC(=O)N1CCN(Cc2ccc3c(c2)OCO3)CC1. The minimum Gasteiger partial charge on any atom is -0.462 e. The lowest BCUT2D eigenvalue weighted by molar-refractivity contribution is 0.0527. The average molecular weight is 411 g/mol. The first-order valence-electron chi connectivity index (χ1n) is 10.1. The van der Waals surface area contributed by atoms with Gasteiger partial charge in [0.05, 0.1) is 17.9 Å². The maximum atomic E-state index is 12.7. The maximum Gasteiger partial charge on any atom is 0.340 e. The highest BCUT2D eigenvalue weighted by Gasteiger charge is 2.23. The Hall–Kier alpha value is -3.26. The van der Waals surface area contributed by atoms with E-state index in [2.05, 4.69) is 10.2 Å². The van der Waals surface area contributed by atoms with E-state index >= 15 is 0 Å². The second kappa shape index (κ2) is 9.04. The van der Waals surface area contributed by atoms with E-state index in [4.69, 9.17) is 14.2 Å². The number of rotatable bonds is 5. The number of nitrogens with zero attached hydrogens (tertiary/aromatic N) is 2. The topological polar surface area (TPSA) is 80.3 Å². The van der Waals surface area contributed by atoms with Gasteiger partial charge in [0.2, 0.25) is 6.79 Å². The monoisotopic (exact) mass is 411 g/mol. The molecule has 8 heteroatoms. The summed E-state index contributed by atoms with van der Waals surface area (Å²) in [6.45, 7) is 5.84. The molecule has 2 aromatic rings. The number of nitrogens with one attached hydrogen (secondary N) is 1. The third kappa shape index (κ3) is 4.49. The summed E-state index contributed by atoms with van der Waals surface area (Å²) < 4.78 is 15.9. The summed E-state index contributed by atoms with van der Waals surface area (Å²) >= 11 is 0. The van der Waals surface area contributed by atoms with Crippen LogP contribution >= 0.6 is 0 Å². The average Bonchev–Trinajstić information content (AvgIpc) is 3.23. The van der Waals surface area contributed by atoms with Crippen molar-refractivity contribution in [2.75, 3.05) is 44.9 Å². The molecule has 30 heavy (non-hydrogen) atoms. The van der Waals surface area contributed by atoms with E-state index in [0.717, 1.165) is 36.7 Å². The van der Waals surface area contributed by atoms with Crippen molar-refractivity contribution in [1.82, 2.24) is 9.80 Å². The van der Waals surface area contributed by atoms with Crippen molar-refractivity contribution in [2.24, 2.45) is 0 Å². The molecule has 1 N–H and O–H groups in total. The van der Waals surface area contributed by atoms with Gasteiger partial charge in [-0.1, -0.05) is 18.2 Å². The molecule has 2 aliphatic heterocycles. The van der Waals surface area contributed by atoms with E-state index in [1.807, 2.05) is 18.2 Å². The molecule has 1 fully saturated rings. The minimum absolute atomic E-state index is 0.213. The Bertz CT molecular complexity index is 925. The van der Waals surface area contributed by atoms with Crippen molar-refractivity contribution in [3.05, 3.63) is 53.6 Å². The van der Waals surface area contributed by atoms with Gasteiger partial charge in [-0.2, -0.15) is 0 Å². The number of carbonyl (C=O) groups is 2. The highest BCUT2D eigenvalue weighted by atomic mass is 16.7. The standard InChI is InChI=1S/C22H25N3O5/c1-2-28-21(26)17-5-3-4-6-18(17)23-22(27)25-11-9-24(10-12-25)14-16-7-8-19-20(13-16)30-15-29-19/h3-8,13H,2,9-12,14-15H2,1H3,(H,23,27). The molecule has 0 radical (unpaired) electrons. The molecule has 0 saturated carbocycles. The van der Waals surface area contributed by atoms with Gasteiger partial charge in [0.15, 0.2) is 11.5 Å². The molecule has 8 nitrogen and oxygen atoms in total. The molecule has 0 atom stereocenters. The summed E-state index contributed by atoms with van der Waals surface area (Å²) in [6, 6.07) is 12.7. The number of carbonyl (C=O) groups excluding carboxylic acids is 2. The fourth-order valence-electron chi connectivity index (χ4n) is 3.58. The van der Waals surface area contributed by atoms with Crippen LogP contribution in [-0.4, -0.2) is 61.4 Å². The molecule has 1 saturated heterocycles. The van der Waals surface area contributed by atoms with E-state index in [-0.39, 0.29) is 19.4 Å². The Morgan fingerprint density at radius 2 is 1.80 bits per heavy atom. The van der Waals surface area contributed by atoms with Gasteiger partial charge in [-0.05, 0) is 36.8 Å². The first-order valence-corrected chi connectivity index (χ1v) is 10.1. The van der Waals surface area contributed by atoms with Gasteiger partial charge in [-0.25, -0.2) is 9.59 Å². The van der Waals surface area contributed by atoms with Crippen molar-refractivity contribution < 1.29 is 23.8 Å². The highest BCUT2D eigenvalue weighted by Crippen LogP contribution is 2.32. The second-order valence-electron chi connectivity index (χ2n) is 7.15. The van der Waals surface area contributed by atoms with Crippen molar-refractivity contribution in [2.45, 2.75) is 13.5 Å². The van der Waals surface area contributed by atoms with Crippen LogP contribution in [-0.2, 0) is 11.3 Å². The van der Waals surface area contributed by atoms with Crippen molar-refractivity contribution in [1.29, 1.82) is 0 Å². The number of fused-ring (bicyclic) bond motifs is 1. The van der Waals surface area contributed by atoms with Gasteiger partial charge in [0.25, 0.3) is 0 Å². The number of hydrogen-bond donors (Lipinski definition) is 1. The highest BCUT2D eigenvalue weighted by molar-refractivity contribution is 6.00. The van der Waals surface area contributed by atoms with Crippen molar-refractivity contribution in [3.8, 4) is 11.5 Å². The van der Waals surface area contributed by atoms with Crippen molar-refractivity contribution >= 4 is 17.7 Å². The first-order chi connectivity index (χ1) is 14.6. The number of ether oxygens (including phenoxy) is 3. The fraction of sp³-hybridized carbons (Fsp3) is 0.364. The molecule has 0 aromatic heterocycles. The quantitative estimate of drug-likeness (QED) is 0.762. The van der Waals surface area contributed by atoms with Gasteiger partial charge in [-0.3, -0.25) is 4.90 Å². The molecule has 158 valence electrons. The van der Waals surface area contributed by atoms with Crippen LogP contribution < -0.4 is 14.8 Å². The van der Waals surface area contributed by atoms with Crippen LogP contribution in [0.3, 0.4) is 0 Å². The Labute approximate surface area is 175 Å². The van der Waals surface area contributed by atoms with Gasteiger partial charge in [0.1, 0.15) is 0 Å². The summed E-state index contributed by atoms with van der Waals surface area (Å²) in [6.07, 6.45) is 0. The molecular formula is C22H25N3O5. The third-order valence-corrected chi connectivity index (χ3v) is 5.17. The summed E-state index contributed by atoms with van der Waals surface area (Å²) in [7, 11) is 0. The number of para-hydroxylation sites is 1. The first kappa shape index (κ1) is 20.0. The second-order valence-corrected chi connectivity index (χ2v) is 7.15. The third-order valence-electron chi connectivity index (χ3n) is 5.17. The largest absolute Gasteiger partial charge is 0.462 e. The number of urea groups is 1. The lowest BCUT2D eigenvalue weighted by Gasteiger charge is -2.34. The normalized spacial score (nSPS) is 15.7. The molecule has 2 heterocycles. The molecule has 0 unspecified atom stereocenters. The zero-order valence-corrected chi connectivity index (χ0v) is 16.9. The molecule has 2 amide bonds. The van der Waals surface area contributed by atoms with Gasteiger partial charge < -0.3 is 24.4 Å². The van der Waals surface area contributed by atoms with Crippen LogP contribution in [0.2, 0.25) is 0 Å². The number of esters is 1. The van der Waals surface area contributed by atoms with Gasteiger partial charge in [-0.15, -0.1) is 0 Å². The lowest BCUT2D eigenvalue weighted by atomic mass is 10.1. The Kier molecular flexibility index (Phi) is 6.04. The number of anilines is 1. The zero-order chi connectivity index (χ0) is 20.9. The molecule has 0 bridgehead atoms. The predicted octanol–water partition coefficient (Wildman–Crippen LogP) is 2.94. The van der Waals surface area contributed by atoms with E-state index in [1.54, 1.807) is 36.1 Å². The van der Waals surface area contributed by atoms with E-state index < -0.39 is 5.97 Å². The van der Waals surface area contributed by atoms with Crippen LogP contribution in [0.5, 0.6) is 11.5 Å². The number of piperazine rings is 1. The molecule has 4 rings (SSSR count). The van der Waals surface area contributed by atoms with Crippen LogP contribution in [0.25, 0.3) is 0 Å². The summed E-state index contributed by atoms with van der Waals surface area (Å²) in [5, 5.41) is 2.85. The number of benzene rings is 2. The molecular weight excluding hydrogens is 386 g/mol. The minimum atomic E-state index is -0.443. The van der Waals surface area contributed by atoms with Crippen LogP contribution in [0.1, 0.15) is 22.8 Å². The van der Waals surface area contributed by atoms with E-state index in [1.165, 1.54) is 0 Å². The van der Waals surface area contributed by atoms with E-state index in [9.17, 15) is 9.59 Å². The van der Waals surface area contributed by atoms with Gasteiger partial charge >= 0.3 is 12.0 Å². The molecule has 2 aliphatic rings. The van der Waals surface area contributed by atoms with Crippen LogP contribution in [0.4, 0.5) is 10.5 Å². The summed E-state index contributed by atoms with van der Waals surface area (Å²) in [5.41, 5.74) is 1.97. The summed E-state index contributed by atoms with van der Waals surface area (Å²) in [4.78, 5) is 28.9. The van der Waals surface area contributed by atoms with Gasteiger partial charge in [0, 0.05) is 32.7 Å². The lowest BCUT2D eigenvalue weighted by Crippen LogP contribution is -2.49. The Morgan fingerprint density at radius 3 is 2.60 bits per heavy atom. The molecule has 2 aromatic carbocycles. The van der Waals surface area contributed by atoms with E-state index in [0.29, 0.717) is 24.3 Å². The maximum absolute atomic E-state index is 12.7. The van der Waals surface area contributed by atoms with Crippen LogP contribution in [0, 0.1) is 0 Å².